The van der Waals surface area contributed by atoms with Gasteiger partial charge in [0.2, 0.25) is 5.88 Å². The molecule has 1 aromatic rings. The van der Waals surface area contributed by atoms with Crippen LogP contribution in [0.25, 0.3) is 0 Å². The summed E-state index contributed by atoms with van der Waals surface area (Å²) in [5.74, 6) is 1.07. The lowest BCUT2D eigenvalue weighted by molar-refractivity contribution is 0.144. The van der Waals surface area contributed by atoms with Crippen LogP contribution in [0.1, 0.15) is 12.8 Å². The number of piperidine rings is 1. The van der Waals surface area contributed by atoms with Gasteiger partial charge in [-0.2, -0.15) is 0 Å². The Hall–Kier alpha value is -1.86. The summed E-state index contributed by atoms with van der Waals surface area (Å²) in [7, 11) is 3.75. The lowest BCUT2D eigenvalue weighted by Crippen LogP contribution is -2.38. The van der Waals surface area contributed by atoms with Crippen molar-refractivity contribution in [2.24, 2.45) is 5.92 Å². The van der Waals surface area contributed by atoms with E-state index in [1.165, 1.54) is 0 Å². The van der Waals surface area contributed by atoms with Gasteiger partial charge in [-0.05, 0) is 45.0 Å². The topological polar surface area (TPSA) is 75.7 Å². The maximum absolute atomic E-state index is 11.9. The predicted molar refractivity (Wildman–Crippen MR) is 88.9 cm³/mol. The number of likely N-dealkylation sites (tertiary alicyclic amines) is 1. The number of methoxy groups -OCH3 is 1. The Morgan fingerprint density at radius 2 is 2.13 bits per heavy atom. The largest absolute Gasteiger partial charge is 0.475 e. The molecule has 23 heavy (non-hydrogen) atoms. The van der Waals surface area contributed by atoms with Crippen molar-refractivity contribution >= 4 is 11.7 Å². The highest BCUT2D eigenvalue weighted by Gasteiger charge is 2.17. The van der Waals surface area contributed by atoms with Crippen molar-refractivity contribution < 1.29 is 14.3 Å². The number of rotatable bonds is 7. The summed E-state index contributed by atoms with van der Waals surface area (Å²) in [6.45, 7) is 3.88. The minimum atomic E-state index is -0.196. The summed E-state index contributed by atoms with van der Waals surface area (Å²) in [6.07, 6.45) is 3.84. The smallest absolute Gasteiger partial charge is 0.319 e. The number of pyridine rings is 1. The number of ether oxygens (including phenoxy) is 2. The zero-order valence-electron chi connectivity index (χ0n) is 13.9. The van der Waals surface area contributed by atoms with Crippen LogP contribution in [0.2, 0.25) is 0 Å². The van der Waals surface area contributed by atoms with Gasteiger partial charge in [-0.1, -0.05) is 0 Å². The van der Waals surface area contributed by atoms with Gasteiger partial charge in [0.1, 0.15) is 6.61 Å². The minimum Gasteiger partial charge on any atom is -0.475 e. The quantitative estimate of drug-likeness (QED) is 0.745. The number of hydrogen-bond acceptors (Lipinski definition) is 5. The molecule has 0 spiro atoms. The number of nitrogens with zero attached hydrogens (tertiary/aromatic N) is 2. The van der Waals surface area contributed by atoms with E-state index in [1.54, 1.807) is 25.4 Å². The van der Waals surface area contributed by atoms with Crippen LogP contribution in [0.3, 0.4) is 0 Å². The summed E-state index contributed by atoms with van der Waals surface area (Å²) < 4.78 is 10.3. The highest BCUT2D eigenvalue weighted by atomic mass is 16.5. The second kappa shape index (κ2) is 9.32. The van der Waals surface area contributed by atoms with Crippen LogP contribution in [-0.2, 0) is 4.74 Å². The predicted octanol–water partition coefficient (Wildman–Crippen LogP) is 1.57. The second-order valence-electron chi connectivity index (χ2n) is 5.81. The molecule has 0 unspecified atom stereocenters. The molecule has 0 atom stereocenters. The van der Waals surface area contributed by atoms with E-state index < -0.39 is 0 Å². The summed E-state index contributed by atoms with van der Waals surface area (Å²) in [4.78, 5) is 18.4. The molecule has 2 N–H and O–H groups in total. The highest BCUT2D eigenvalue weighted by molar-refractivity contribution is 5.88. The Bertz CT molecular complexity index is 473. The normalized spacial score (nSPS) is 16.1. The molecular formula is C16H26N4O3. The molecule has 0 radical (unpaired) electrons. The third-order valence-electron chi connectivity index (χ3n) is 3.92. The van der Waals surface area contributed by atoms with Crippen molar-refractivity contribution in [1.82, 2.24) is 15.2 Å². The van der Waals surface area contributed by atoms with Gasteiger partial charge in [0.25, 0.3) is 0 Å². The van der Waals surface area contributed by atoms with Crippen molar-refractivity contribution in [2.75, 3.05) is 52.3 Å². The molecule has 0 aliphatic carbocycles. The first-order chi connectivity index (χ1) is 11.2. The van der Waals surface area contributed by atoms with Gasteiger partial charge in [0.15, 0.2) is 0 Å². The summed E-state index contributed by atoms with van der Waals surface area (Å²) in [5.41, 5.74) is 0.643. The molecule has 0 saturated carbocycles. The van der Waals surface area contributed by atoms with Crippen molar-refractivity contribution in [2.45, 2.75) is 12.8 Å². The average molecular weight is 322 g/mol. The highest BCUT2D eigenvalue weighted by Crippen LogP contribution is 2.15. The van der Waals surface area contributed by atoms with Crippen LogP contribution < -0.4 is 15.4 Å². The van der Waals surface area contributed by atoms with Crippen molar-refractivity contribution in [3.63, 3.8) is 0 Å². The molecule has 1 aromatic heterocycles. The number of carbonyl (C=O) groups excluding carboxylic acids is 1. The molecule has 1 saturated heterocycles. The van der Waals surface area contributed by atoms with Gasteiger partial charge in [-0.15, -0.1) is 0 Å². The molecule has 1 aliphatic heterocycles. The van der Waals surface area contributed by atoms with E-state index in [2.05, 4.69) is 27.6 Å². The zero-order chi connectivity index (χ0) is 16.5. The first kappa shape index (κ1) is 17.5. The molecule has 0 aromatic carbocycles. The molecule has 2 rings (SSSR count). The number of hydrogen-bond donors (Lipinski definition) is 2. The summed E-state index contributed by atoms with van der Waals surface area (Å²) in [6, 6.07) is 3.30. The lowest BCUT2D eigenvalue weighted by Gasteiger charge is -2.28. The van der Waals surface area contributed by atoms with E-state index in [-0.39, 0.29) is 6.03 Å². The number of anilines is 1. The Morgan fingerprint density at radius 3 is 2.78 bits per heavy atom. The molecule has 2 heterocycles. The van der Waals surface area contributed by atoms with Gasteiger partial charge in [-0.3, -0.25) is 0 Å². The maximum Gasteiger partial charge on any atom is 0.319 e. The van der Waals surface area contributed by atoms with Crippen molar-refractivity contribution in [3.05, 3.63) is 18.3 Å². The van der Waals surface area contributed by atoms with Crippen LogP contribution in [0.4, 0.5) is 10.5 Å². The van der Waals surface area contributed by atoms with Crippen LogP contribution >= 0.6 is 0 Å². The molecule has 128 valence electrons. The molecule has 7 nitrogen and oxygen atoms in total. The van der Waals surface area contributed by atoms with Gasteiger partial charge in [0, 0.05) is 19.7 Å². The third-order valence-corrected chi connectivity index (χ3v) is 3.92. The Kier molecular flexibility index (Phi) is 7.09. The standard InChI is InChI=1S/C16H26N4O3/c1-20-7-5-13(6-8-20)11-18-16(21)19-14-3-4-15(17-12-14)23-10-9-22-2/h3-4,12-13H,5-11H2,1-2H3,(H2,18,19,21). The Morgan fingerprint density at radius 1 is 1.35 bits per heavy atom. The first-order valence-corrected chi connectivity index (χ1v) is 7.98. The molecular weight excluding hydrogens is 296 g/mol. The third kappa shape index (κ3) is 6.42. The molecule has 0 bridgehead atoms. The summed E-state index contributed by atoms with van der Waals surface area (Å²) in [5, 5.41) is 5.71. The van der Waals surface area contributed by atoms with E-state index in [0.29, 0.717) is 37.2 Å². The van der Waals surface area contributed by atoms with Gasteiger partial charge in [0.05, 0.1) is 18.5 Å². The van der Waals surface area contributed by atoms with Crippen LogP contribution in [0.15, 0.2) is 18.3 Å². The van der Waals surface area contributed by atoms with Crippen molar-refractivity contribution in [1.29, 1.82) is 0 Å². The van der Waals surface area contributed by atoms with E-state index in [4.69, 9.17) is 9.47 Å². The van der Waals surface area contributed by atoms with Crippen molar-refractivity contribution in [3.8, 4) is 5.88 Å². The van der Waals surface area contributed by atoms with E-state index in [1.807, 2.05) is 0 Å². The molecule has 1 fully saturated rings. The number of amides is 2. The number of aromatic nitrogens is 1. The monoisotopic (exact) mass is 322 g/mol. The van der Waals surface area contributed by atoms with Gasteiger partial charge < -0.3 is 25.0 Å². The van der Waals surface area contributed by atoms with E-state index in [0.717, 1.165) is 25.9 Å². The summed E-state index contributed by atoms with van der Waals surface area (Å²) >= 11 is 0. The molecule has 1 aliphatic rings. The SMILES string of the molecule is COCCOc1ccc(NC(=O)NCC2CCN(C)CC2)cn1. The number of carbonyl (C=O) groups is 1. The fourth-order valence-corrected chi connectivity index (χ4v) is 2.45. The van der Waals surface area contributed by atoms with Gasteiger partial charge in [-0.25, -0.2) is 9.78 Å². The maximum atomic E-state index is 11.9. The van der Waals surface area contributed by atoms with Crippen LogP contribution in [0.5, 0.6) is 5.88 Å². The fourth-order valence-electron chi connectivity index (χ4n) is 2.45. The second-order valence-corrected chi connectivity index (χ2v) is 5.81. The van der Waals surface area contributed by atoms with Gasteiger partial charge >= 0.3 is 6.03 Å². The number of nitrogens with one attached hydrogen (secondary N) is 2. The molecule has 7 heteroatoms. The zero-order valence-corrected chi connectivity index (χ0v) is 13.9. The van der Waals surface area contributed by atoms with Crippen LogP contribution in [-0.4, -0.2) is 62.9 Å². The average Bonchev–Trinajstić information content (AvgIpc) is 2.56. The Labute approximate surface area is 137 Å². The number of urea groups is 1. The van der Waals surface area contributed by atoms with E-state index in [9.17, 15) is 4.79 Å². The lowest BCUT2D eigenvalue weighted by atomic mass is 9.97. The van der Waals surface area contributed by atoms with E-state index >= 15 is 0 Å². The fraction of sp³-hybridized carbons (Fsp3) is 0.625. The Balaban J connectivity index is 1.68. The first-order valence-electron chi connectivity index (χ1n) is 7.98. The molecule has 2 amide bonds. The minimum absolute atomic E-state index is 0.196. The van der Waals surface area contributed by atoms with Crippen LogP contribution in [0, 0.1) is 5.92 Å².